The van der Waals surface area contributed by atoms with Gasteiger partial charge in [-0.2, -0.15) is 0 Å². The van der Waals surface area contributed by atoms with Crippen LogP contribution in [0, 0.1) is 0 Å². The van der Waals surface area contributed by atoms with Crippen molar-refractivity contribution >= 4 is 21.8 Å². The topological polar surface area (TPSA) is 42.2 Å². The summed E-state index contributed by atoms with van der Waals surface area (Å²) < 4.78 is 5.15. The molecule has 90 valence electrons. The van der Waals surface area contributed by atoms with E-state index in [2.05, 4.69) is 28.2 Å². The Morgan fingerprint density at radius 3 is 3.06 bits per heavy atom. The number of rotatable bonds is 7. The number of halogens is 1. The highest BCUT2D eigenvalue weighted by molar-refractivity contribution is 9.09. The fourth-order valence-electron chi connectivity index (χ4n) is 1.39. The lowest BCUT2D eigenvalue weighted by Crippen LogP contribution is -2.24. The first-order chi connectivity index (χ1) is 7.68. The van der Waals surface area contributed by atoms with Crippen LogP contribution in [0.4, 0.5) is 0 Å². The van der Waals surface area contributed by atoms with E-state index in [1.165, 1.54) is 0 Å². The molecule has 1 rings (SSSR count). The van der Waals surface area contributed by atoms with E-state index in [1.54, 1.807) is 6.26 Å². The third-order valence-corrected chi connectivity index (χ3v) is 2.74. The van der Waals surface area contributed by atoms with Gasteiger partial charge in [0.1, 0.15) is 5.76 Å². The van der Waals surface area contributed by atoms with Crippen molar-refractivity contribution in [2.45, 2.75) is 37.4 Å². The number of hydrogen-bond acceptors (Lipinski definition) is 2. The number of carbonyl (C=O) groups is 1. The summed E-state index contributed by atoms with van der Waals surface area (Å²) in [6.07, 6.45) is 4.90. The molecule has 0 spiro atoms. The molecule has 1 atom stereocenters. The maximum absolute atomic E-state index is 11.4. The van der Waals surface area contributed by atoms with Crippen LogP contribution in [-0.4, -0.2) is 17.3 Å². The van der Waals surface area contributed by atoms with Crippen LogP contribution in [0.25, 0.3) is 0 Å². The van der Waals surface area contributed by atoms with Crippen molar-refractivity contribution < 1.29 is 9.21 Å². The first-order valence-electron chi connectivity index (χ1n) is 5.61. The van der Waals surface area contributed by atoms with Crippen molar-refractivity contribution in [2.75, 3.05) is 6.54 Å². The minimum Gasteiger partial charge on any atom is -0.469 e. The van der Waals surface area contributed by atoms with Crippen molar-refractivity contribution in [1.29, 1.82) is 0 Å². The van der Waals surface area contributed by atoms with E-state index >= 15 is 0 Å². The molecule has 1 aromatic rings. The number of amides is 1. The Balaban J connectivity index is 2.03. The molecule has 1 unspecified atom stereocenters. The zero-order valence-corrected chi connectivity index (χ0v) is 11.1. The van der Waals surface area contributed by atoms with Crippen molar-refractivity contribution in [1.82, 2.24) is 5.32 Å². The van der Waals surface area contributed by atoms with Gasteiger partial charge in [0.05, 0.1) is 6.26 Å². The number of alkyl halides is 1. The average Bonchev–Trinajstić information content (AvgIpc) is 2.74. The lowest BCUT2D eigenvalue weighted by molar-refractivity contribution is -0.121. The number of hydrogen-bond donors (Lipinski definition) is 1. The Morgan fingerprint density at radius 2 is 2.44 bits per heavy atom. The SMILES string of the molecule is CC(Br)CCCNC(=O)CCc1ccco1. The molecule has 0 radical (unpaired) electrons. The second-order valence-electron chi connectivity index (χ2n) is 3.85. The molecule has 0 saturated carbocycles. The fraction of sp³-hybridized carbons (Fsp3) is 0.583. The molecule has 0 aliphatic carbocycles. The van der Waals surface area contributed by atoms with Crippen LogP contribution in [0.3, 0.4) is 0 Å². The highest BCUT2D eigenvalue weighted by Crippen LogP contribution is 2.05. The monoisotopic (exact) mass is 287 g/mol. The lowest BCUT2D eigenvalue weighted by Gasteiger charge is -2.05. The summed E-state index contributed by atoms with van der Waals surface area (Å²) in [5.41, 5.74) is 0. The Bertz CT molecular complexity index is 296. The molecular weight excluding hydrogens is 270 g/mol. The van der Waals surface area contributed by atoms with Gasteiger partial charge in [0.15, 0.2) is 0 Å². The zero-order chi connectivity index (χ0) is 11.8. The predicted octanol–water partition coefficient (Wildman–Crippen LogP) is 2.89. The summed E-state index contributed by atoms with van der Waals surface area (Å²) in [4.78, 5) is 11.9. The van der Waals surface area contributed by atoms with Crippen molar-refractivity contribution in [3.05, 3.63) is 24.2 Å². The van der Waals surface area contributed by atoms with Crippen LogP contribution in [-0.2, 0) is 11.2 Å². The van der Waals surface area contributed by atoms with E-state index in [1.807, 2.05) is 12.1 Å². The summed E-state index contributed by atoms with van der Waals surface area (Å²) in [7, 11) is 0. The summed E-state index contributed by atoms with van der Waals surface area (Å²) in [6, 6.07) is 3.73. The number of furan rings is 1. The van der Waals surface area contributed by atoms with Gasteiger partial charge in [-0.3, -0.25) is 4.79 Å². The van der Waals surface area contributed by atoms with Gasteiger partial charge in [-0.05, 0) is 25.0 Å². The van der Waals surface area contributed by atoms with E-state index in [0.717, 1.165) is 25.1 Å². The molecule has 1 aromatic heterocycles. The molecule has 1 amide bonds. The van der Waals surface area contributed by atoms with Crippen LogP contribution < -0.4 is 5.32 Å². The Kier molecular flexibility index (Phi) is 6.23. The molecular formula is C12H18BrNO2. The molecule has 3 nitrogen and oxygen atoms in total. The van der Waals surface area contributed by atoms with Gasteiger partial charge in [0.2, 0.25) is 5.91 Å². The maximum Gasteiger partial charge on any atom is 0.220 e. The Labute approximate surface area is 105 Å². The molecule has 0 saturated heterocycles. The highest BCUT2D eigenvalue weighted by atomic mass is 79.9. The Hall–Kier alpha value is -0.770. The molecule has 0 bridgehead atoms. The first-order valence-corrected chi connectivity index (χ1v) is 6.53. The largest absolute Gasteiger partial charge is 0.469 e. The average molecular weight is 288 g/mol. The fourth-order valence-corrected chi connectivity index (χ4v) is 1.71. The van der Waals surface area contributed by atoms with Gasteiger partial charge in [0.25, 0.3) is 0 Å². The van der Waals surface area contributed by atoms with Gasteiger partial charge in [0, 0.05) is 24.2 Å². The van der Waals surface area contributed by atoms with Gasteiger partial charge in [-0.1, -0.05) is 22.9 Å². The van der Waals surface area contributed by atoms with Gasteiger partial charge < -0.3 is 9.73 Å². The first kappa shape index (κ1) is 13.3. The second kappa shape index (κ2) is 7.49. The van der Waals surface area contributed by atoms with Crippen molar-refractivity contribution in [2.24, 2.45) is 0 Å². The molecule has 0 aromatic carbocycles. The van der Waals surface area contributed by atoms with E-state index < -0.39 is 0 Å². The van der Waals surface area contributed by atoms with Gasteiger partial charge >= 0.3 is 0 Å². The van der Waals surface area contributed by atoms with Gasteiger partial charge in [-0.25, -0.2) is 0 Å². The molecule has 16 heavy (non-hydrogen) atoms. The van der Waals surface area contributed by atoms with Crippen LogP contribution in [0.2, 0.25) is 0 Å². The Morgan fingerprint density at radius 1 is 1.62 bits per heavy atom. The smallest absolute Gasteiger partial charge is 0.220 e. The normalized spacial score (nSPS) is 12.4. The standard InChI is InChI=1S/C12H18BrNO2/c1-10(13)4-2-8-14-12(15)7-6-11-5-3-9-16-11/h3,5,9-10H,2,4,6-8H2,1H3,(H,14,15). The summed E-state index contributed by atoms with van der Waals surface area (Å²) in [6.45, 7) is 2.87. The molecule has 1 N–H and O–H groups in total. The quantitative estimate of drug-likeness (QED) is 0.619. The number of carbonyl (C=O) groups excluding carboxylic acids is 1. The zero-order valence-electron chi connectivity index (χ0n) is 9.54. The van der Waals surface area contributed by atoms with Crippen molar-refractivity contribution in [3.63, 3.8) is 0 Å². The third kappa shape index (κ3) is 5.95. The summed E-state index contributed by atoms with van der Waals surface area (Å²) >= 11 is 3.47. The third-order valence-electron chi connectivity index (χ3n) is 2.28. The predicted molar refractivity (Wildman–Crippen MR) is 67.7 cm³/mol. The molecule has 1 heterocycles. The highest BCUT2D eigenvalue weighted by Gasteiger charge is 2.03. The summed E-state index contributed by atoms with van der Waals surface area (Å²) in [5.74, 6) is 0.961. The van der Waals surface area contributed by atoms with Crippen LogP contribution in [0.5, 0.6) is 0 Å². The summed E-state index contributed by atoms with van der Waals surface area (Å²) in [5, 5.41) is 2.90. The minimum atomic E-state index is 0.0959. The molecule has 0 fully saturated rings. The van der Waals surface area contributed by atoms with Crippen LogP contribution >= 0.6 is 15.9 Å². The van der Waals surface area contributed by atoms with E-state index in [9.17, 15) is 4.79 Å². The van der Waals surface area contributed by atoms with E-state index in [4.69, 9.17) is 4.42 Å². The maximum atomic E-state index is 11.4. The number of nitrogens with one attached hydrogen (secondary N) is 1. The van der Waals surface area contributed by atoms with Gasteiger partial charge in [-0.15, -0.1) is 0 Å². The van der Waals surface area contributed by atoms with Crippen LogP contribution in [0.1, 0.15) is 31.9 Å². The van der Waals surface area contributed by atoms with Crippen LogP contribution in [0.15, 0.2) is 22.8 Å². The second-order valence-corrected chi connectivity index (χ2v) is 5.42. The molecule has 0 aliphatic heterocycles. The molecule has 0 aliphatic rings. The minimum absolute atomic E-state index is 0.0959. The van der Waals surface area contributed by atoms with E-state index in [-0.39, 0.29) is 5.91 Å². The van der Waals surface area contributed by atoms with Crippen molar-refractivity contribution in [3.8, 4) is 0 Å². The lowest BCUT2D eigenvalue weighted by atomic mass is 10.2. The number of aryl methyl sites for hydroxylation is 1. The van der Waals surface area contributed by atoms with E-state index in [0.29, 0.717) is 17.7 Å². The molecule has 4 heteroatoms.